The standard InChI is InChI=1S/C12H23NO3.C6H14.W.H2/c1-9(2)10(15)6-5-7-11(16)13-12(3,4)8-14;1-4-5-6(2)3;;/h9,14H,5-8H2,1-4H3,(H,13,16);6H,4-5H2,1-3H3;;1H. The second kappa shape index (κ2) is 15.3. The minimum absolute atomic E-state index is 0. The maximum atomic E-state index is 11.4. The van der Waals surface area contributed by atoms with Crippen molar-refractivity contribution in [1.29, 1.82) is 0 Å². The molecule has 0 aliphatic carbocycles. The summed E-state index contributed by atoms with van der Waals surface area (Å²) >= 11 is 0. The average Bonchev–Trinajstić information content (AvgIpc) is 2.38. The molecular formula is C18H39NO3W. The van der Waals surface area contributed by atoms with Gasteiger partial charge < -0.3 is 10.4 Å². The Kier molecular flexibility index (Phi) is 18.4. The third kappa shape index (κ3) is 19.7. The number of amides is 1. The van der Waals surface area contributed by atoms with E-state index in [1.165, 1.54) is 12.8 Å². The molecule has 0 aliphatic rings. The first-order valence-electron chi connectivity index (χ1n) is 8.50. The number of rotatable bonds is 9. The first kappa shape index (κ1) is 27.6. The van der Waals surface area contributed by atoms with Gasteiger partial charge in [-0.2, -0.15) is 0 Å². The molecule has 0 aromatic heterocycles. The third-order valence-electron chi connectivity index (χ3n) is 3.21. The van der Waals surface area contributed by atoms with E-state index >= 15 is 0 Å². The molecule has 0 atom stereocenters. The Morgan fingerprint density at radius 3 is 1.96 bits per heavy atom. The van der Waals surface area contributed by atoms with Gasteiger partial charge in [0.1, 0.15) is 5.78 Å². The number of ketones is 1. The summed E-state index contributed by atoms with van der Waals surface area (Å²) in [6, 6.07) is 0. The molecule has 0 heterocycles. The van der Waals surface area contributed by atoms with E-state index in [9.17, 15) is 9.59 Å². The fourth-order valence-corrected chi connectivity index (χ4v) is 1.77. The zero-order chi connectivity index (χ0) is 17.8. The van der Waals surface area contributed by atoms with Crippen molar-refractivity contribution in [3.63, 3.8) is 0 Å². The van der Waals surface area contributed by atoms with Crippen molar-refractivity contribution in [2.45, 2.75) is 86.1 Å². The fourth-order valence-electron chi connectivity index (χ4n) is 1.77. The zero-order valence-electron chi connectivity index (χ0n) is 16.1. The molecule has 1 amide bonds. The van der Waals surface area contributed by atoms with Crippen LogP contribution >= 0.6 is 0 Å². The molecule has 0 unspecified atom stereocenters. The number of nitrogens with one attached hydrogen (secondary N) is 1. The molecule has 0 bridgehead atoms. The Labute approximate surface area is 158 Å². The van der Waals surface area contributed by atoms with Crippen LogP contribution in [0, 0.1) is 11.8 Å². The molecule has 0 aromatic carbocycles. The van der Waals surface area contributed by atoms with Crippen molar-refractivity contribution in [1.82, 2.24) is 5.32 Å². The molecule has 0 radical (unpaired) electrons. The van der Waals surface area contributed by atoms with E-state index in [0.717, 1.165) is 5.92 Å². The summed E-state index contributed by atoms with van der Waals surface area (Å²) in [6.45, 7) is 13.9. The normalized spacial score (nSPS) is 10.7. The third-order valence-corrected chi connectivity index (χ3v) is 3.21. The van der Waals surface area contributed by atoms with Crippen LogP contribution in [0.25, 0.3) is 0 Å². The van der Waals surface area contributed by atoms with Crippen LogP contribution in [0.2, 0.25) is 0 Å². The summed E-state index contributed by atoms with van der Waals surface area (Å²) in [6.07, 6.45) is 4.06. The van der Waals surface area contributed by atoms with Gasteiger partial charge in [-0.3, -0.25) is 9.59 Å². The zero-order valence-corrected chi connectivity index (χ0v) is 19.0. The van der Waals surface area contributed by atoms with Gasteiger partial charge in [-0.1, -0.05) is 47.5 Å². The van der Waals surface area contributed by atoms with E-state index in [2.05, 4.69) is 26.1 Å². The van der Waals surface area contributed by atoms with Gasteiger partial charge in [0.05, 0.1) is 12.1 Å². The SMILES string of the molecule is CC(C)C(=O)CCCC(=O)NC(C)(C)CO.CCCC(C)C.[HH].[W]. The topological polar surface area (TPSA) is 66.4 Å². The molecule has 0 fully saturated rings. The minimum atomic E-state index is -0.584. The second-order valence-electron chi connectivity index (χ2n) is 7.25. The van der Waals surface area contributed by atoms with Crippen LogP contribution in [0.1, 0.15) is 82.0 Å². The van der Waals surface area contributed by atoms with E-state index in [4.69, 9.17) is 5.11 Å². The summed E-state index contributed by atoms with van der Waals surface area (Å²) in [4.78, 5) is 22.7. The Morgan fingerprint density at radius 1 is 1.13 bits per heavy atom. The van der Waals surface area contributed by atoms with Crippen molar-refractivity contribution in [3.8, 4) is 0 Å². The predicted molar refractivity (Wildman–Crippen MR) is 94.9 cm³/mol. The fraction of sp³-hybridized carbons (Fsp3) is 0.889. The number of carbonyl (C=O) groups is 2. The molecule has 5 heteroatoms. The molecule has 0 aromatic rings. The Morgan fingerprint density at radius 2 is 1.65 bits per heavy atom. The largest absolute Gasteiger partial charge is 0.394 e. The number of hydrogen-bond acceptors (Lipinski definition) is 3. The molecule has 0 saturated carbocycles. The minimum Gasteiger partial charge on any atom is -0.394 e. The molecular weight excluding hydrogens is 462 g/mol. The number of aliphatic hydroxyl groups is 1. The van der Waals surface area contributed by atoms with Gasteiger partial charge in [0.2, 0.25) is 5.91 Å². The first-order chi connectivity index (χ1) is 10.1. The van der Waals surface area contributed by atoms with Crippen LogP contribution in [-0.4, -0.2) is 28.9 Å². The number of hydrogen-bond donors (Lipinski definition) is 2. The van der Waals surface area contributed by atoms with Crippen LogP contribution in [0.4, 0.5) is 0 Å². The second-order valence-corrected chi connectivity index (χ2v) is 7.25. The van der Waals surface area contributed by atoms with E-state index < -0.39 is 5.54 Å². The maximum Gasteiger partial charge on any atom is 0.220 e. The smallest absolute Gasteiger partial charge is 0.220 e. The number of Topliss-reactive ketones (excluding diaryl/α,β-unsaturated/α-hetero) is 1. The van der Waals surface area contributed by atoms with Crippen molar-refractivity contribution in [2.24, 2.45) is 11.8 Å². The molecule has 23 heavy (non-hydrogen) atoms. The summed E-state index contributed by atoms with van der Waals surface area (Å²) in [5, 5.41) is 11.7. The average molecular weight is 501 g/mol. The number of aliphatic hydroxyl groups excluding tert-OH is 1. The Balaban J connectivity index is -0.000000215. The molecule has 140 valence electrons. The van der Waals surface area contributed by atoms with E-state index in [1.54, 1.807) is 13.8 Å². The van der Waals surface area contributed by atoms with Gasteiger partial charge in [-0.25, -0.2) is 0 Å². The summed E-state index contributed by atoms with van der Waals surface area (Å²) in [5.74, 6) is 1.01. The van der Waals surface area contributed by atoms with Gasteiger partial charge in [0, 0.05) is 41.3 Å². The molecule has 0 spiro atoms. The van der Waals surface area contributed by atoms with Crippen LogP contribution in [0.15, 0.2) is 0 Å². The molecule has 4 nitrogen and oxygen atoms in total. The van der Waals surface area contributed by atoms with Crippen LogP contribution in [0.3, 0.4) is 0 Å². The van der Waals surface area contributed by atoms with Gasteiger partial charge in [0.25, 0.3) is 0 Å². The van der Waals surface area contributed by atoms with E-state index in [-0.39, 0.29) is 46.7 Å². The van der Waals surface area contributed by atoms with Crippen LogP contribution in [0.5, 0.6) is 0 Å². The predicted octanol–water partition coefficient (Wildman–Crippen LogP) is 3.95. The van der Waals surface area contributed by atoms with E-state index in [1.807, 2.05) is 13.8 Å². The maximum absolute atomic E-state index is 11.4. The molecule has 0 rings (SSSR count). The van der Waals surface area contributed by atoms with Crippen LogP contribution in [-0.2, 0) is 30.7 Å². The molecule has 0 saturated heterocycles. The number of carbonyl (C=O) groups excluding carboxylic acids is 2. The van der Waals surface area contributed by atoms with Gasteiger partial charge in [0.15, 0.2) is 0 Å². The van der Waals surface area contributed by atoms with Crippen molar-refractivity contribution < 1.29 is 37.2 Å². The molecule has 2 N–H and O–H groups in total. The van der Waals surface area contributed by atoms with Crippen molar-refractivity contribution in [2.75, 3.05) is 6.61 Å². The quantitative estimate of drug-likeness (QED) is 0.503. The summed E-state index contributed by atoms with van der Waals surface area (Å²) < 4.78 is 0. The van der Waals surface area contributed by atoms with Crippen molar-refractivity contribution >= 4 is 11.7 Å². The summed E-state index contributed by atoms with van der Waals surface area (Å²) in [5.41, 5.74) is -0.584. The van der Waals surface area contributed by atoms with Crippen LogP contribution < -0.4 is 5.32 Å². The Hall–Kier alpha value is -0.212. The van der Waals surface area contributed by atoms with E-state index in [0.29, 0.717) is 19.3 Å². The monoisotopic (exact) mass is 501 g/mol. The van der Waals surface area contributed by atoms with Gasteiger partial charge in [-0.05, 0) is 26.2 Å². The first-order valence-corrected chi connectivity index (χ1v) is 8.50. The van der Waals surface area contributed by atoms with Crippen molar-refractivity contribution in [3.05, 3.63) is 0 Å². The van der Waals surface area contributed by atoms with Gasteiger partial charge >= 0.3 is 0 Å². The summed E-state index contributed by atoms with van der Waals surface area (Å²) in [7, 11) is 0. The molecule has 0 aliphatic heterocycles. The van der Waals surface area contributed by atoms with Gasteiger partial charge in [-0.15, -0.1) is 0 Å². The Bertz CT molecular complexity index is 321.